The average molecular weight is 401 g/mol. The minimum atomic E-state index is -3.57. The molecule has 2 aromatic rings. The number of nitrogens with zero attached hydrogens (tertiary/aromatic N) is 2. The Hall–Kier alpha value is -2.22. The monoisotopic (exact) mass is 400 g/mol. The zero-order chi connectivity index (χ0) is 19.9. The first-order valence-electron chi connectivity index (χ1n) is 9.49. The average Bonchev–Trinajstić information content (AvgIpc) is 3.09. The molecule has 7 heteroatoms. The number of sulfonamides is 1. The molecule has 1 aliphatic heterocycles. The minimum absolute atomic E-state index is 0.283. The molecule has 0 amide bonds. The number of hydrogen-bond acceptors (Lipinski definition) is 4. The van der Waals surface area contributed by atoms with E-state index in [-0.39, 0.29) is 18.0 Å². The number of benzene rings is 2. The van der Waals surface area contributed by atoms with Crippen LogP contribution in [0.25, 0.3) is 0 Å². The van der Waals surface area contributed by atoms with Crippen LogP contribution < -0.4 is 0 Å². The Labute approximate surface area is 165 Å². The molecule has 1 heterocycles. The third-order valence-electron chi connectivity index (χ3n) is 6.01. The molecule has 0 aromatic heterocycles. The maximum absolute atomic E-state index is 12.9. The molecule has 1 saturated heterocycles. The van der Waals surface area contributed by atoms with Crippen LogP contribution in [0.2, 0.25) is 0 Å². The van der Waals surface area contributed by atoms with Crippen LogP contribution in [0.15, 0.2) is 53.4 Å². The van der Waals surface area contributed by atoms with E-state index in [1.165, 1.54) is 4.31 Å². The number of carboxylic acid groups (broad SMARTS) is 1. The first-order valence-corrected chi connectivity index (χ1v) is 10.9. The highest BCUT2D eigenvalue weighted by Crippen LogP contribution is 2.42. The lowest BCUT2D eigenvalue weighted by molar-refractivity contribution is -0.153. The van der Waals surface area contributed by atoms with Crippen molar-refractivity contribution >= 4 is 16.0 Å². The van der Waals surface area contributed by atoms with Gasteiger partial charge in [-0.15, -0.1) is 0 Å². The Morgan fingerprint density at radius 1 is 1.00 bits per heavy atom. The van der Waals surface area contributed by atoms with Crippen molar-refractivity contribution in [3.8, 4) is 0 Å². The van der Waals surface area contributed by atoms with E-state index in [9.17, 15) is 18.3 Å². The Balaban J connectivity index is 1.57. The predicted octanol–water partition coefficient (Wildman–Crippen LogP) is 2.23. The summed E-state index contributed by atoms with van der Waals surface area (Å²) >= 11 is 0. The van der Waals surface area contributed by atoms with Gasteiger partial charge in [-0.2, -0.15) is 4.31 Å². The molecular formula is C21H24N2O4S. The fraction of sp³-hybridized carbons (Fsp3) is 0.381. The van der Waals surface area contributed by atoms with E-state index in [4.69, 9.17) is 0 Å². The van der Waals surface area contributed by atoms with Crippen molar-refractivity contribution in [3.63, 3.8) is 0 Å². The molecule has 1 atom stereocenters. The van der Waals surface area contributed by atoms with Crippen molar-refractivity contribution in [3.05, 3.63) is 65.2 Å². The first-order chi connectivity index (χ1) is 13.4. The van der Waals surface area contributed by atoms with Gasteiger partial charge in [0.2, 0.25) is 10.0 Å². The van der Waals surface area contributed by atoms with Gasteiger partial charge in [0.1, 0.15) is 5.54 Å². The normalized spacial score (nSPS) is 23.5. The molecule has 0 bridgehead atoms. The van der Waals surface area contributed by atoms with Crippen LogP contribution in [0.3, 0.4) is 0 Å². The van der Waals surface area contributed by atoms with E-state index in [2.05, 4.69) is 0 Å². The molecule has 2 aliphatic rings. The molecule has 0 spiro atoms. The van der Waals surface area contributed by atoms with Crippen molar-refractivity contribution < 1.29 is 18.3 Å². The summed E-state index contributed by atoms with van der Waals surface area (Å²) in [5.74, 6) is -0.854. The number of fused-ring (bicyclic) bond motifs is 1. The second kappa shape index (κ2) is 6.99. The standard InChI is InChI=1S/C21H24N2O4S/c1-16-6-8-18(9-7-16)28(26,27)23-14-12-22(13-15-23)21(20(24)25)11-10-17-4-2-3-5-19(17)21/h2-9H,10-15H2,1H3,(H,24,25). The lowest BCUT2D eigenvalue weighted by Gasteiger charge is -2.43. The van der Waals surface area contributed by atoms with Crippen LogP contribution in [-0.4, -0.2) is 54.9 Å². The van der Waals surface area contributed by atoms with Crippen molar-refractivity contribution in [2.75, 3.05) is 26.2 Å². The van der Waals surface area contributed by atoms with Crippen molar-refractivity contribution in [1.82, 2.24) is 9.21 Å². The summed E-state index contributed by atoms with van der Waals surface area (Å²) in [7, 11) is -3.57. The summed E-state index contributed by atoms with van der Waals surface area (Å²) in [4.78, 5) is 14.6. The van der Waals surface area contributed by atoms with Crippen LogP contribution in [0.1, 0.15) is 23.1 Å². The molecule has 28 heavy (non-hydrogen) atoms. The van der Waals surface area contributed by atoms with Gasteiger partial charge in [0.15, 0.2) is 0 Å². The van der Waals surface area contributed by atoms with Gasteiger partial charge in [0.05, 0.1) is 4.90 Å². The van der Waals surface area contributed by atoms with Crippen molar-refractivity contribution in [1.29, 1.82) is 0 Å². The zero-order valence-electron chi connectivity index (χ0n) is 15.8. The molecule has 1 N–H and O–H groups in total. The summed E-state index contributed by atoms with van der Waals surface area (Å²) < 4.78 is 27.3. The fourth-order valence-electron chi connectivity index (χ4n) is 4.45. The highest BCUT2D eigenvalue weighted by atomic mass is 32.2. The van der Waals surface area contributed by atoms with E-state index in [1.54, 1.807) is 24.3 Å². The fourth-order valence-corrected chi connectivity index (χ4v) is 5.87. The van der Waals surface area contributed by atoms with Crippen LogP contribution in [0.4, 0.5) is 0 Å². The molecule has 1 unspecified atom stereocenters. The van der Waals surface area contributed by atoms with E-state index < -0.39 is 21.5 Å². The van der Waals surface area contributed by atoms with E-state index >= 15 is 0 Å². The van der Waals surface area contributed by atoms with Gasteiger partial charge in [-0.05, 0) is 43.0 Å². The van der Waals surface area contributed by atoms with E-state index in [0.717, 1.165) is 23.1 Å². The van der Waals surface area contributed by atoms with Gasteiger partial charge in [-0.3, -0.25) is 4.90 Å². The number of piperazine rings is 1. The van der Waals surface area contributed by atoms with Gasteiger partial charge in [0.25, 0.3) is 0 Å². The number of carbonyl (C=O) groups is 1. The van der Waals surface area contributed by atoms with Gasteiger partial charge >= 0.3 is 5.97 Å². The highest BCUT2D eigenvalue weighted by Gasteiger charge is 2.51. The molecule has 1 aliphatic carbocycles. The van der Waals surface area contributed by atoms with Crippen LogP contribution in [0, 0.1) is 6.92 Å². The van der Waals surface area contributed by atoms with Gasteiger partial charge in [-0.25, -0.2) is 13.2 Å². The topological polar surface area (TPSA) is 77.9 Å². The van der Waals surface area contributed by atoms with Gasteiger partial charge < -0.3 is 5.11 Å². The van der Waals surface area contributed by atoms with Crippen LogP contribution >= 0.6 is 0 Å². The summed E-state index contributed by atoms with van der Waals surface area (Å²) in [5.41, 5.74) is 1.86. The lowest BCUT2D eigenvalue weighted by Crippen LogP contribution is -2.58. The molecule has 2 aromatic carbocycles. The molecular weight excluding hydrogens is 376 g/mol. The van der Waals surface area contributed by atoms with E-state index in [0.29, 0.717) is 19.5 Å². The molecule has 1 fully saturated rings. The number of rotatable bonds is 4. The second-order valence-corrected chi connectivity index (χ2v) is 9.46. The quantitative estimate of drug-likeness (QED) is 0.852. The van der Waals surface area contributed by atoms with Crippen LogP contribution in [0.5, 0.6) is 0 Å². The maximum Gasteiger partial charge on any atom is 0.328 e. The molecule has 4 rings (SSSR count). The predicted molar refractivity (Wildman–Crippen MR) is 106 cm³/mol. The Morgan fingerprint density at radius 2 is 1.64 bits per heavy atom. The summed E-state index contributed by atoms with van der Waals surface area (Å²) in [6.07, 6.45) is 1.25. The largest absolute Gasteiger partial charge is 0.480 e. The molecule has 0 radical (unpaired) electrons. The van der Waals surface area contributed by atoms with Gasteiger partial charge in [0, 0.05) is 26.2 Å². The Bertz CT molecular complexity index is 995. The zero-order valence-corrected chi connectivity index (χ0v) is 16.7. The second-order valence-electron chi connectivity index (χ2n) is 7.53. The molecule has 6 nitrogen and oxygen atoms in total. The lowest BCUT2D eigenvalue weighted by atomic mass is 9.89. The number of carboxylic acids is 1. The smallest absolute Gasteiger partial charge is 0.328 e. The molecule has 0 saturated carbocycles. The molecule has 148 valence electrons. The van der Waals surface area contributed by atoms with Gasteiger partial charge in [-0.1, -0.05) is 42.0 Å². The van der Waals surface area contributed by atoms with Crippen LogP contribution in [-0.2, 0) is 26.8 Å². The highest BCUT2D eigenvalue weighted by molar-refractivity contribution is 7.89. The summed E-state index contributed by atoms with van der Waals surface area (Å²) in [6.45, 7) is 3.28. The van der Waals surface area contributed by atoms with Crippen molar-refractivity contribution in [2.45, 2.75) is 30.2 Å². The summed E-state index contributed by atoms with van der Waals surface area (Å²) in [5, 5.41) is 10.1. The third-order valence-corrected chi connectivity index (χ3v) is 7.92. The summed E-state index contributed by atoms with van der Waals surface area (Å²) in [6, 6.07) is 14.5. The SMILES string of the molecule is Cc1ccc(S(=O)(=O)N2CCN(C3(C(=O)O)CCc4ccccc43)CC2)cc1. The first kappa shape index (κ1) is 19.1. The third kappa shape index (κ3) is 2.94. The van der Waals surface area contributed by atoms with Crippen molar-refractivity contribution in [2.24, 2.45) is 0 Å². The maximum atomic E-state index is 12.9. The number of aliphatic carboxylic acids is 1. The van der Waals surface area contributed by atoms with E-state index in [1.807, 2.05) is 36.1 Å². The minimum Gasteiger partial charge on any atom is -0.480 e. The number of hydrogen-bond donors (Lipinski definition) is 1. The number of aryl methyl sites for hydroxylation is 2. The Kier molecular flexibility index (Phi) is 4.77. The Morgan fingerprint density at radius 3 is 2.29 bits per heavy atom.